The van der Waals surface area contributed by atoms with Gasteiger partial charge in [0.1, 0.15) is 23.7 Å². The maximum absolute atomic E-state index is 12.6. The average Bonchev–Trinajstić information content (AvgIpc) is 3.20. The normalized spacial score (nSPS) is 16.6. The molecule has 1 aliphatic rings. The second-order valence-corrected chi connectivity index (χ2v) is 6.84. The van der Waals surface area contributed by atoms with Crippen LogP contribution >= 0.6 is 11.6 Å². The molecular weight excluding hydrogens is 370 g/mol. The summed E-state index contributed by atoms with van der Waals surface area (Å²) in [6.45, 7) is 4.78. The number of anilines is 1. The van der Waals surface area contributed by atoms with Gasteiger partial charge in [-0.15, -0.1) is 0 Å². The van der Waals surface area contributed by atoms with Gasteiger partial charge in [-0.25, -0.2) is 0 Å². The van der Waals surface area contributed by atoms with Crippen LogP contribution < -0.4 is 10.1 Å². The number of aryl methyl sites for hydroxylation is 2. The lowest BCUT2D eigenvalue weighted by molar-refractivity contribution is -0.128. The molecule has 2 amide bonds. The molecule has 3 rings (SSSR count). The van der Waals surface area contributed by atoms with Crippen molar-refractivity contribution in [2.24, 2.45) is 5.92 Å². The third-order valence-corrected chi connectivity index (χ3v) is 4.86. The minimum Gasteiger partial charge on any atom is -0.490 e. The van der Waals surface area contributed by atoms with Crippen LogP contribution in [0.5, 0.6) is 5.75 Å². The number of hydrogen-bond acceptors (Lipinski definition) is 5. The summed E-state index contributed by atoms with van der Waals surface area (Å²) in [7, 11) is 0. The van der Waals surface area contributed by atoms with E-state index in [1.165, 1.54) is 0 Å². The minimum absolute atomic E-state index is 0.0596. The van der Waals surface area contributed by atoms with Crippen LogP contribution in [0.25, 0.3) is 0 Å². The second-order valence-electron chi connectivity index (χ2n) is 6.43. The van der Waals surface area contributed by atoms with E-state index in [2.05, 4.69) is 10.5 Å². The summed E-state index contributed by atoms with van der Waals surface area (Å²) in [6, 6.07) is 7.18. The summed E-state index contributed by atoms with van der Waals surface area (Å²) in [6.07, 6.45) is 0.815. The van der Waals surface area contributed by atoms with Crippen LogP contribution in [0.1, 0.15) is 24.8 Å². The fraction of sp³-hybridized carbons (Fsp3) is 0.421. The molecule has 1 fully saturated rings. The smallest absolute Gasteiger partial charge is 0.229 e. The van der Waals surface area contributed by atoms with Crippen LogP contribution in [0, 0.1) is 12.8 Å². The van der Waals surface area contributed by atoms with Crippen molar-refractivity contribution in [3.05, 3.63) is 40.7 Å². The number of nitrogens with one attached hydrogen (secondary N) is 1. The molecule has 1 unspecified atom stereocenters. The lowest BCUT2D eigenvalue weighted by atomic mass is 10.1. The monoisotopic (exact) mass is 391 g/mol. The number of carbonyl (C=O) groups is 2. The van der Waals surface area contributed by atoms with Gasteiger partial charge in [0.15, 0.2) is 5.76 Å². The largest absolute Gasteiger partial charge is 0.490 e. The van der Waals surface area contributed by atoms with Crippen molar-refractivity contribution in [3.8, 4) is 5.75 Å². The first kappa shape index (κ1) is 19.2. The molecule has 1 aromatic carbocycles. The first-order chi connectivity index (χ1) is 13.0. The summed E-state index contributed by atoms with van der Waals surface area (Å²) in [4.78, 5) is 26.4. The average molecular weight is 392 g/mol. The summed E-state index contributed by atoms with van der Waals surface area (Å²) < 4.78 is 10.8. The molecule has 0 radical (unpaired) electrons. The Morgan fingerprint density at radius 1 is 1.44 bits per heavy atom. The molecule has 1 aromatic heterocycles. The number of hydrogen-bond donors (Lipinski definition) is 1. The Bertz CT molecular complexity index is 836. The van der Waals surface area contributed by atoms with E-state index >= 15 is 0 Å². The quantitative estimate of drug-likeness (QED) is 0.784. The van der Waals surface area contributed by atoms with Crippen LogP contribution in [-0.4, -0.2) is 41.6 Å². The fourth-order valence-electron chi connectivity index (χ4n) is 3.03. The first-order valence-electron chi connectivity index (χ1n) is 8.90. The maximum atomic E-state index is 12.6. The van der Waals surface area contributed by atoms with Gasteiger partial charge in [0.2, 0.25) is 11.8 Å². The highest BCUT2D eigenvalue weighted by Crippen LogP contribution is 2.25. The summed E-state index contributed by atoms with van der Waals surface area (Å²) in [5.74, 6) is 0.552. The van der Waals surface area contributed by atoms with E-state index in [9.17, 15) is 9.59 Å². The predicted octanol–water partition coefficient (Wildman–Crippen LogP) is 3.06. The Hall–Kier alpha value is -2.54. The summed E-state index contributed by atoms with van der Waals surface area (Å²) >= 11 is 6.05. The SMILES string of the molecule is CCc1onc(C)c1NC(=O)C1CC(=O)N(CCOc2ccccc2Cl)C1. The van der Waals surface area contributed by atoms with E-state index in [-0.39, 0.29) is 18.2 Å². The molecule has 8 heteroatoms. The molecule has 0 spiro atoms. The number of amides is 2. The number of carbonyl (C=O) groups excluding carboxylic acids is 2. The molecular formula is C19H22ClN3O4. The molecule has 2 aromatic rings. The van der Waals surface area contributed by atoms with Gasteiger partial charge in [-0.05, 0) is 19.1 Å². The van der Waals surface area contributed by atoms with E-state index in [4.69, 9.17) is 20.9 Å². The molecule has 1 N–H and O–H groups in total. The number of nitrogens with zero attached hydrogens (tertiary/aromatic N) is 2. The zero-order valence-corrected chi connectivity index (χ0v) is 16.1. The van der Waals surface area contributed by atoms with Gasteiger partial charge in [0.25, 0.3) is 0 Å². The van der Waals surface area contributed by atoms with Gasteiger partial charge in [0, 0.05) is 19.4 Å². The van der Waals surface area contributed by atoms with Gasteiger partial charge in [0.05, 0.1) is 17.5 Å². The second kappa shape index (κ2) is 8.43. The van der Waals surface area contributed by atoms with Crippen LogP contribution in [0.4, 0.5) is 5.69 Å². The lowest BCUT2D eigenvalue weighted by Crippen LogP contribution is -2.31. The lowest BCUT2D eigenvalue weighted by Gasteiger charge is -2.17. The number of rotatable bonds is 7. The zero-order chi connectivity index (χ0) is 19.4. The molecule has 1 aliphatic heterocycles. The standard InChI is InChI=1S/C19H22ClN3O4/c1-3-15-18(12(2)22-27-15)21-19(25)13-10-17(24)23(11-13)8-9-26-16-7-5-4-6-14(16)20/h4-7,13H,3,8-11H2,1-2H3,(H,21,25). The fourth-order valence-corrected chi connectivity index (χ4v) is 3.23. The Labute approximate surface area is 162 Å². The molecule has 27 heavy (non-hydrogen) atoms. The van der Waals surface area contributed by atoms with Crippen molar-refractivity contribution >= 4 is 29.1 Å². The molecule has 1 saturated heterocycles. The third kappa shape index (κ3) is 4.42. The number of likely N-dealkylation sites (tertiary alicyclic amines) is 1. The van der Waals surface area contributed by atoms with Gasteiger partial charge < -0.3 is 19.5 Å². The first-order valence-corrected chi connectivity index (χ1v) is 9.28. The Morgan fingerprint density at radius 2 is 2.22 bits per heavy atom. The molecule has 144 valence electrons. The third-order valence-electron chi connectivity index (χ3n) is 4.54. The van der Waals surface area contributed by atoms with Gasteiger partial charge in [-0.1, -0.05) is 35.8 Å². The number of para-hydroxylation sites is 1. The van der Waals surface area contributed by atoms with E-state index in [1.807, 2.05) is 19.1 Å². The highest BCUT2D eigenvalue weighted by Gasteiger charge is 2.34. The van der Waals surface area contributed by atoms with Crippen molar-refractivity contribution < 1.29 is 18.8 Å². The molecule has 0 saturated carbocycles. The van der Waals surface area contributed by atoms with Gasteiger partial charge >= 0.3 is 0 Å². The highest BCUT2D eigenvalue weighted by molar-refractivity contribution is 6.32. The van der Waals surface area contributed by atoms with E-state index in [1.54, 1.807) is 24.0 Å². The van der Waals surface area contributed by atoms with Crippen molar-refractivity contribution in [2.75, 3.05) is 25.0 Å². The topological polar surface area (TPSA) is 84.7 Å². The summed E-state index contributed by atoms with van der Waals surface area (Å²) in [5, 5.41) is 7.26. The number of halogens is 1. The van der Waals surface area contributed by atoms with E-state index < -0.39 is 5.92 Å². The Balaban J connectivity index is 1.53. The predicted molar refractivity (Wildman–Crippen MR) is 101 cm³/mol. The summed E-state index contributed by atoms with van der Waals surface area (Å²) in [5.41, 5.74) is 1.24. The zero-order valence-electron chi connectivity index (χ0n) is 15.3. The molecule has 1 atom stereocenters. The van der Waals surface area contributed by atoms with Crippen molar-refractivity contribution in [1.29, 1.82) is 0 Å². The maximum Gasteiger partial charge on any atom is 0.229 e. The van der Waals surface area contributed by atoms with Crippen molar-refractivity contribution in [3.63, 3.8) is 0 Å². The van der Waals surface area contributed by atoms with Gasteiger partial charge in [-0.3, -0.25) is 9.59 Å². The van der Waals surface area contributed by atoms with Gasteiger partial charge in [-0.2, -0.15) is 0 Å². The Morgan fingerprint density at radius 3 is 2.96 bits per heavy atom. The Kier molecular flexibility index (Phi) is 6.01. The van der Waals surface area contributed by atoms with Crippen LogP contribution in [-0.2, 0) is 16.0 Å². The molecule has 0 aliphatic carbocycles. The van der Waals surface area contributed by atoms with Crippen LogP contribution in [0.3, 0.4) is 0 Å². The van der Waals surface area contributed by atoms with E-state index in [0.717, 1.165) is 0 Å². The number of benzene rings is 1. The van der Waals surface area contributed by atoms with Crippen molar-refractivity contribution in [1.82, 2.24) is 10.1 Å². The highest BCUT2D eigenvalue weighted by atomic mass is 35.5. The number of ether oxygens (including phenoxy) is 1. The molecule has 2 heterocycles. The minimum atomic E-state index is -0.406. The van der Waals surface area contributed by atoms with E-state index in [0.29, 0.717) is 54.0 Å². The molecule has 7 nitrogen and oxygen atoms in total. The van der Waals surface area contributed by atoms with Crippen molar-refractivity contribution in [2.45, 2.75) is 26.7 Å². The van der Waals surface area contributed by atoms with Crippen LogP contribution in [0.2, 0.25) is 5.02 Å². The number of aromatic nitrogens is 1. The molecule has 0 bridgehead atoms. The van der Waals surface area contributed by atoms with Crippen LogP contribution in [0.15, 0.2) is 28.8 Å².